The van der Waals surface area contributed by atoms with Crippen molar-refractivity contribution in [3.8, 4) is 0 Å². The van der Waals surface area contributed by atoms with Crippen LogP contribution in [0.4, 0.5) is 0 Å². The van der Waals surface area contributed by atoms with E-state index in [2.05, 4.69) is 50.4 Å². The zero-order valence-corrected chi connectivity index (χ0v) is 12.5. The molecule has 112 valence electrons. The predicted octanol–water partition coefficient (Wildman–Crippen LogP) is 2.33. The average Bonchev–Trinajstić information content (AvgIpc) is 2.97. The van der Waals surface area contributed by atoms with E-state index in [9.17, 15) is 0 Å². The van der Waals surface area contributed by atoms with Gasteiger partial charge in [0, 0.05) is 7.11 Å². The number of methoxy groups -OCH3 is 1. The van der Waals surface area contributed by atoms with Crippen LogP contribution in [0.25, 0.3) is 0 Å². The quantitative estimate of drug-likeness (QED) is 0.916. The molecule has 2 aromatic rings. The number of piperidine rings is 1. The molecule has 5 heteroatoms. The molecule has 1 fully saturated rings. The molecule has 2 heterocycles. The largest absolute Gasteiger partial charge is 0.377 e. The number of ether oxygens (including phenoxy) is 1. The number of rotatable bonds is 5. The van der Waals surface area contributed by atoms with E-state index in [0.29, 0.717) is 12.5 Å². The summed E-state index contributed by atoms with van der Waals surface area (Å²) in [6.07, 6.45) is 2.42. The summed E-state index contributed by atoms with van der Waals surface area (Å²) in [5.41, 5.74) is 1.47. The van der Waals surface area contributed by atoms with Gasteiger partial charge >= 0.3 is 0 Å². The van der Waals surface area contributed by atoms with E-state index < -0.39 is 0 Å². The van der Waals surface area contributed by atoms with Crippen molar-refractivity contribution in [1.29, 1.82) is 0 Å². The molecule has 1 N–H and O–H groups in total. The molecule has 0 spiro atoms. The third kappa shape index (κ3) is 3.68. The summed E-state index contributed by atoms with van der Waals surface area (Å²) in [4.78, 5) is 6.87. The van der Waals surface area contributed by atoms with Crippen LogP contribution in [-0.2, 0) is 17.9 Å². The van der Waals surface area contributed by atoms with E-state index >= 15 is 0 Å². The highest BCUT2D eigenvalue weighted by molar-refractivity contribution is 5.20. The summed E-state index contributed by atoms with van der Waals surface area (Å²) in [7, 11) is 1.66. The van der Waals surface area contributed by atoms with Gasteiger partial charge in [0.1, 0.15) is 6.61 Å². The Balaban J connectivity index is 1.51. The Bertz CT molecular complexity index is 546. The highest BCUT2D eigenvalue weighted by Crippen LogP contribution is 2.28. The molecule has 0 saturated carbocycles. The molecule has 0 radical (unpaired) electrons. The molecule has 0 aliphatic carbocycles. The van der Waals surface area contributed by atoms with Crippen LogP contribution in [0.15, 0.2) is 30.3 Å². The summed E-state index contributed by atoms with van der Waals surface area (Å²) in [6.45, 7) is 3.52. The van der Waals surface area contributed by atoms with Gasteiger partial charge in [0.15, 0.2) is 11.6 Å². The molecule has 1 saturated heterocycles. The molecule has 0 bridgehead atoms. The highest BCUT2D eigenvalue weighted by atomic mass is 16.5. The molecule has 0 unspecified atom stereocenters. The Kier molecular flexibility index (Phi) is 4.62. The molecule has 1 aromatic heterocycles. The van der Waals surface area contributed by atoms with Crippen molar-refractivity contribution in [3.05, 3.63) is 47.5 Å². The summed E-state index contributed by atoms with van der Waals surface area (Å²) in [5, 5.41) is 7.17. The fraction of sp³-hybridized carbons (Fsp3) is 0.500. The molecular formula is C16H22N4O. The van der Waals surface area contributed by atoms with E-state index in [0.717, 1.165) is 31.3 Å². The van der Waals surface area contributed by atoms with Gasteiger partial charge in [0.2, 0.25) is 0 Å². The van der Waals surface area contributed by atoms with Crippen LogP contribution in [0, 0.1) is 0 Å². The fourth-order valence-corrected chi connectivity index (χ4v) is 2.96. The minimum Gasteiger partial charge on any atom is -0.377 e. The van der Waals surface area contributed by atoms with Crippen LogP contribution >= 0.6 is 0 Å². The minimum absolute atomic E-state index is 0.489. The lowest BCUT2D eigenvalue weighted by Gasteiger charge is -2.31. The van der Waals surface area contributed by atoms with Crippen LogP contribution in [0.5, 0.6) is 0 Å². The zero-order chi connectivity index (χ0) is 14.5. The first-order chi connectivity index (χ1) is 10.3. The number of likely N-dealkylation sites (tertiary alicyclic amines) is 1. The summed E-state index contributed by atoms with van der Waals surface area (Å²) in [5.74, 6) is 2.35. The van der Waals surface area contributed by atoms with Gasteiger partial charge < -0.3 is 4.74 Å². The first-order valence-electron chi connectivity index (χ1n) is 7.51. The standard InChI is InChI=1S/C16H22N4O/c1-21-12-16-17-15(18-19-16)11-20-9-7-14(8-10-20)13-5-3-2-4-6-13/h2-6,14H,7-12H2,1H3,(H,17,18,19). The van der Waals surface area contributed by atoms with E-state index in [4.69, 9.17) is 4.74 Å². The van der Waals surface area contributed by atoms with Gasteiger partial charge in [-0.05, 0) is 37.4 Å². The van der Waals surface area contributed by atoms with Gasteiger partial charge in [-0.3, -0.25) is 10.00 Å². The van der Waals surface area contributed by atoms with Crippen molar-refractivity contribution < 1.29 is 4.74 Å². The van der Waals surface area contributed by atoms with Gasteiger partial charge in [0.25, 0.3) is 0 Å². The fourth-order valence-electron chi connectivity index (χ4n) is 2.96. The second-order valence-corrected chi connectivity index (χ2v) is 5.59. The SMILES string of the molecule is COCc1nc(CN2CCC(c3ccccc3)CC2)n[nH]1. The number of aromatic nitrogens is 3. The predicted molar refractivity (Wildman–Crippen MR) is 80.8 cm³/mol. The third-order valence-corrected chi connectivity index (χ3v) is 4.08. The molecule has 21 heavy (non-hydrogen) atoms. The second-order valence-electron chi connectivity index (χ2n) is 5.59. The number of aromatic amines is 1. The van der Waals surface area contributed by atoms with E-state index in [1.165, 1.54) is 18.4 Å². The number of nitrogens with zero attached hydrogens (tertiary/aromatic N) is 3. The van der Waals surface area contributed by atoms with Crippen LogP contribution in [-0.4, -0.2) is 40.3 Å². The lowest BCUT2D eigenvalue weighted by molar-refractivity contribution is 0.177. The van der Waals surface area contributed by atoms with E-state index in [1.807, 2.05) is 0 Å². The minimum atomic E-state index is 0.489. The highest BCUT2D eigenvalue weighted by Gasteiger charge is 2.21. The van der Waals surface area contributed by atoms with Gasteiger partial charge in [-0.1, -0.05) is 30.3 Å². The van der Waals surface area contributed by atoms with Crippen molar-refractivity contribution >= 4 is 0 Å². The number of benzene rings is 1. The average molecular weight is 286 g/mol. The Morgan fingerprint density at radius 2 is 2.00 bits per heavy atom. The van der Waals surface area contributed by atoms with Crippen LogP contribution in [0.1, 0.15) is 36.0 Å². The third-order valence-electron chi connectivity index (χ3n) is 4.08. The summed E-state index contributed by atoms with van der Waals surface area (Å²) < 4.78 is 5.05. The van der Waals surface area contributed by atoms with Crippen molar-refractivity contribution in [2.24, 2.45) is 0 Å². The van der Waals surface area contributed by atoms with Gasteiger partial charge in [-0.15, -0.1) is 0 Å². The van der Waals surface area contributed by atoms with E-state index in [-0.39, 0.29) is 0 Å². The Morgan fingerprint density at radius 3 is 2.71 bits per heavy atom. The van der Waals surface area contributed by atoms with Crippen molar-refractivity contribution in [2.45, 2.75) is 31.9 Å². The zero-order valence-electron chi connectivity index (χ0n) is 12.5. The number of H-pyrrole nitrogens is 1. The topological polar surface area (TPSA) is 54.0 Å². The van der Waals surface area contributed by atoms with Crippen LogP contribution in [0.2, 0.25) is 0 Å². The number of hydrogen-bond donors (Lipinski definition) is 1. The maximum Gasteiger partial charge on any atom is 0.164 e. The Labute approximate surface area is 125 Å². The van der Waals surface area contributed by atoms with Crippen LogP contribution < -0.4 is 0 Å². The van der Waals surface area contributed by atoms with Gasteiger partial charge in [-0.2, -0.15) is 5.10 Å². The molecule has 0 atom stereocenters. The number of hydrogen-bond acceptors (Lipinski definition) is 4. The Hall–Kier alpha value is -1.72. The first-order valence-corrected chi connectivity index (χ1v) is 7.51. The van der Waals surface area contributed by atoms with Gasteiger partial charge in [-0.25, -0.2) is 4.98 Å². The smallest absolute Gasteiger partial charge is 0.164 e. The van der Waals surface area contributed by atoms with Crippen molar-refractivity contribution in [3.63, 3.8) is 0 Å². The lowest BCUT2D eigenvalue weighted by Crippen LogP contribution is -2.32. The van der Waals surface area contributed by atoms with Crippen molar-refractivity contribution in [2.75, 3.05) is 20.2 Å². The molecule has 1 aliphatic rings. The molecule has 1 aromatic carbocycles. The molecular weight excluding hydrogens is 264 g/mol. The molecule has 5 nitrogen and oxygen atoms in total. The van der Waals surface area contributed by atoms with Crippen LogP contribution in [0.3, 0.4) is 0 Å². The maximum atomic E-state index is 5.05. The maximum absolute atomic E-state index is 5.05. The molecule has 3 rings (SSSR count). The normalized spacial score (nSPS) is 17.2. The number of nitrogens with one attached hydrogen (secondary N) is 1. The monoisotopic (exact) mass is 286 g/mol. The summed E-state index contributed by atoms with van der Waals surface area (Å²) in [6, 6.07) is 10.8. The van der Waals surface area contributed by atoms with Crippen molar-refractivity contribution in [1.82, 2.24) is 20.1 Å². The Morgan fingerprint density at radius 1 is 1.24 bits per heavy atom. The lowest BCUT2D eigenvalue weighted by atomic mass is 9.89. The summed E-state index contributed by atoms with van der Waals surface area (Å²) >= 11 is 0. The molecule has 1 aliphatic heterocycles. The first kappa shape index (κ1) is 14.2. The second kappa shape index (κ2) is 6.83. The van der Waals surface area contributed by atoms with Gasteiger partial charge in [0.05, 0.1) is 6.54 Å². The molecule has 0 amide bonds. The van der Waals surface area contributed by atoms with E-state index in [1.54, 1.807) is 7.11 Å².